The van der Waals surface area contributed by atoms with Gasteiger partial charge in [-0.05, 0) is 54.8 Å². The van der Waals surface area contributed by atoms with Gasteiger partial charge in [0.15, 0.2) is 0 Å². The molecule has 0 aliphatic rings. The Balaban J connectivity index is 2.16. The molecule has 0 radical (unpaired) electrons. The topological polar surface area (TPSA) is 12.0 Å². The average Bonchev–Trinajstić information content (AvgIpc) is 2.34. The number of benzene rings is 2. The molecule has 0 bridgehead atoms. The van der Waals surface area contributed by atoms with Gasteiger partial charge in [0.05, 0.1) is 10.7 Å². The Morgan fingerprint density at radius 3 is 2.42 bits per heavy atom. The first kappa shape index (κ1) is 14.2. The van der Waals surface area contributed by atoms with Crippen LogP contribution in [0.2, 0.25) is 10.0 Å². The van der Waals surface area contributed by atoms with Gasteiger partial charge < -0.3 is 5.32 Å². The summed E-state index contributed by atoms with van der Waals surface area (Å²) in [6.07, 6.45) is 0. The number of halogens is 3. The fraction of sp³-hybridized carbons (Fsp3) is 0.200. The number of hydrogen-bond acceptors (Lipinski definition) is 1. The molecule has 2 rings (SSSR count). The van der Waals surface area contributed by atoms with E-state index < -0.39 is 0 Å². The van der Waals surface area contributed by atoms with E-state index >= 15 is 0 Å². The summed E-state index contributed by atoms with van der Waals surface area (Å²) >= 11 is 12.2. The van der Waals surface area contributed by atoms with E-state index in [2.05, 4.69) is 5.32 Å². The third-order valence-corrected chi connectivity index (χ3v) is 3.74. The maximum atomic E-state index is 13.0. The maximum Gasteiger partial charge on any atom is 0.123 e. The predicted octanol–water partition coefficient (Wildman–Crippen LogP) is 5.36. The van der Waals surface area contributed by atoms with E-state index in [4.69, 9.17) is 23.2 Å². The van der Waals surface area contributed by atoms with Gasteiger partial charge in [-0.15, -0.1) is 0 Å². The fourth-order valence-corrected chi connectivity index (χ4v) is 2.28. The summed E-state index contributed by atoms with van der Waals surface area (Å²) in [5.41, 5.74) is 3.65. The highest BCUT2D eigenvalue weighted by atomic mass is 35.5. The van der Waals surface area contributed by atoms with Crippen LogP contribution in [-0.2, 0) is 6.54 Å². The lowest BCUT2D eigenvalue weighted by Gasteiger charge is -2.12. The normalized spacial score (nSPS) is 10.6. The van der Waals surface area contributed by atoms with Crippen LogP contribution in [0.5, 0.6) is 0 Å². The molecular weight excluding hydrogens is 284 g/mol. The third kappa shape index (κ3) is 3.40. The second-order valence-corrected chi connectivity index (χ2v) is 5.32. The quantitative estimate of drug-likeness (QED) is 0.804. The molecule has 0 saturated heterocycles. The molecule has 0 aromatic heterocycles. The summed E-state index contributed by atoms with van der Waals surface area (Å²) < 4.78 is 13.0. The zero-order valence-electron chi connectivity index (χ0n) is 10.7. The molecule has 0 atom stereocenters. The van der Waals surface area contributed by atoms with Crippen molar-refractivity contribution in [1.82, 2.24) is 0 Å². The van der Waals surface area contributed by atoms with Crippen molar-refractivity contribution in [2.75, 3.05) is 5.32 Å². The smallest absolute Gasteiger partial charge is 0.123 e. The first-order valence-corrected chi connectivity index (χ1v) is 6.67. The summed E-state index contributed by atoms with van der Waals surface area (Å²) in [7, 11) is 0. The Morgan fingerprint density at radius 1 is 1.00 bits per heavy atom. The van der Waals surface area contributed by atoms with Crippen molar-refractivity contribution in [3.05, 3.63) is 62.9 Å². The van der Waals surface area contributed by atoms with E-state index in [9.17, 15) is 4.39 Å². The van der Waals surface area contributed by atoms with Gasteiger partial charge in [0, 0.05) is 11.6 Å². The van der Waals surface area contributed by atoms with E-state index in [0.29, 0.717) is 16.6 Å². The van der Waals surface area contributed by atoms with E-state index in [-0.39, 0.29) is 5.82 Å². The maximum absolute atomic E-state index is 13.0. The second-order valence-electron chi connectivity index (χ2n) is 4.51. The van der Waals surface area contributed by atoms with Crippen LogP contribution in [-0.4, -0.2) is 0 Å². The number of nitrogens with one attached hydrogen (secondary N) is 1. The fourth-order valence-electron chi connectivity index (χ4n) is 1.83. The SMILES string of the molecule is Cc1cc(Cl)c(NCc2ccc(F)cc2C)cc1Cl. The van der Waals surface area contributed by atoms with E-state index in [1.165, 1.54) is 12.1 Å². The molecule has 100 valence electrons. The molecule has 1 nitrogen and oxygen atoms in total. The summed E-state index contributed by atoms with van der Waals surface area (Å²) in [5, 5.41) is 4.51. The van der Waals surface area contributed by atoms with Gasteiger partial charge in [-0.2, -0.15) is 0 Å². The molecule has 2 aromatic carbocycles. The Labute approximate surface area is 122 Å². The van der Waals surface area contributed by atoms with Crippen molar-refractivity contribution in [3.8, 4) is 0 Å². The van der Waals surface area contributed by atoms with E-state index in [1.807, 2.05) is 19.9 Å². The molecule has 1 N–H and O–H groups in total. The molecular formula is C15H14Cl2FN. The van der Waals surface area contributed by atoms with Crippen LogP contribution in [0.3, 0.4) is 0 Å². The number of rotatable bonds is 3. The van der Waals surface area contributed by atoms with Crippen LogP contribution < -0.4 is 5.32 Å². The van der Waals surface area contributed by atoms with Crippen molar-refractivity contribution in [2.24, 2.45) is 0 Å². The number of anilines is 1. The second kappa shape index (κ2) is 5.81. The van der Waals surface area contributed by atoms with E-state index in [1.54, 1.807) is 12.1 Å². The molecule has 4 heteroatoms. The lowest BCUT2D eigenvalue weighted by molar-refractivity contribution is 0.625. The minimum Gasteiger partial charge on any atom is -0.380 e. The molecule has 2 aromatic rings. The Kier molecular flexibility index (Phi) is 4.33. The molecule has 0 spiro atoms. The first-order valence-electron chi connectivity index (χ1n) is 5.92. The Bertz CT molecular complexity index is 611. The largest absolute Gasteiger partial charge is 0.380 e. The van der Waals surface area contributed by atoms with Crippen molar-refractivity contribution in [3.63, 3.8) is 0 Å². The summed E-state index contributed by atoms with van der Waals surface area (Å²) in [6.45, 7) is 4.36. The van der Waals surface area contributed by atoms with E-state index in [0.717, 1.165) is 22.4 Å². The van der Waals surface area contributed by atoms with Crippen molar-refractivity contribution in [2.45, 2.75) is 20.4 Å². The van der Waals surface area contributed by atoms with Crippen LogP contribution in [0, 0.1) is 19.7 Å². The van der Waals surface area contributed by atoms with Gasteiger partial charge in [0.1, 0.15) is 5.82 Å². The highest BCUT2D eigenvalue weighted by Crippen LogP contribution is 2.29. The molecule has 0 saturated carbocycles. The minimum absolute atomic E-state index is 0.224. The molecule has 0 amide bonds. The molecule has 19 heavy (non-hydrogen) atoms. The monoisotopic (exact) mass is 297 g/mol. The van der Waals surface area contributed by atoms with Crippen LogP contribution >= 0.6 is 23.2 Å². The van der Waals surface area contributed by atoms with Gasteiger partial charge in [0.25, 0.3) is 0 Å². The predicted molar refractivity (Wildman–Crippen MR) is 79.7 cm³/mol. The van der Waals surface area contributed by atoms with Gasteiger partial charge in [-0.3, -0.25) is 0 Å². The average molecular weight is 298 g/mol. The number of aryl methyl sites for hydroxylation is 2. The molecule has 0 fully saturated rings. The number of hydrogen-bond donors (Lipinski definition) is 1. The molecule has 0 aliphatic carbocycles. The lowest BCUT2D eigenvalue weighted by atomic mass is 10.1. The van der Waals surface area contributed by atoms with Gasteiger partial charge >= 0.3 is 0 Å². The zero-order valence-corrected chi connectivity index (χ0v) is 12.2. The summed E-state index contributed by atoms with van der Waals surface area (Å²) in [6, 6.07) is 8.36. The Morgan fingerprint density at radius 2 is 1.74 bits per heavy atom. The van der Waals surface area contributed by atoms with Gasteiger partial charge in [-0.25, -0.2) is 4.39 Å². The van der Waals surface area contributed by atoms with Gasteiger partial charge in [-0.1, -0.05) is 29.3 Å². The highest BCUT2D eigenvalue weighted by molar-refractivity contribution is 6.35. The van der Waals surface area contributed by atoms with Crippen LogP contribution in [0.1, 0.15) is 16.7 Å². The van der Waals surface area contributed by atoms with Crippen molar-refractivity contribution >= 4 is 28.9 Å². The van der Waals surface area contributed by atoms with Gasteiger partial charge in [0.2, 0.25) is 0 Å². The Hall–Kier alpha value is -1.25. The zero-order chi connectivity index (χ0) is 14.0. The molecule has 0 aliphatic heterocycles. The standard InChI is InChI=1S/C15H14Cl2FN/c1-9-5-12(18)4-3-11(9)8-19-15-7-13(16)10(2)6-14(15)17/h3-7,19H,8H2,1-2H3. The van der Waals surface area contributed by atoms with Crippen LogP contribution in [0.25, 0.3) is 0 Å². The minimum atomic E-state index is -0.224. The molecule has 0 heterocycles. The molecule has 0 unspecified atom stereocenters. The van der Waals surface area contributed by atoms with Crippen LogP contribution in [0.4, 0.5) is 10.1 Å². The first-order chi connectivity index (χ1) is 8.97. The van der Waals surface area contributed by atoms with Crippen molar-refractivity contribution in [1.29, 1.82) is 0 Å². The summed E-state index contributed by atoms with van der Waals surface area (Å²) in [4.78, 5) is 0. The lowest BCUT2D eigenvalue weighted by Crippen LogP contribution is -2.02. The summed E-state index contributed by atoms with van der Waals surface area (Å²) in [5.74, 6) is -0.224. The third-order valence-electron chi connectivity index (χ3n) is 3.02. The highest BCUT2D eigenvalue weighted by Gasteiger charge is 2.06. The van der Waals surface area contributed by atoms with Crippen LogP contribution in [0.15, 0.2) is 30.3 Å². The van der Waals surface area contributed by atoms with Crippen molar-refractivity contribution < 1.29 is 4.39 Å².